The van der Waals surface area contributed by atoms with Gasteiger partial charge in [0.25, 0.3) is 0 Å². The number of nitrogens with one attached hydrogen (secondary N) is 1. The Labute approximate surface area is 105 Å². The summed E-state index contributed by atoms with van der Waals surface area (Å²) in [6.45, 7) is 0.450. The molecule has 5 heteroatoms. The molecule has 1 aliphatic rings. The maximum atomic E-state index is 10.2. The average molecular weight is 252 g/mol. The van der Waals surface area contributed by atoms with Gasteiger partial charge >= 0.3 is 0 Å². The fourth-order valence-electron chi connectivity index (χ4n) is 2.12. The van der Waals surface area contributed by atoms with E-state index in [1.165, 1.54) is 6.07 Å². The molecule has 0 radical (unpaired) electrons. The standard InChI is InChI=1S/C12H14ClN3O/c13-10-5-9(7-14)6-11(16-10)15-8-12(17)3-1-2-4-12/h5-6,17H,1-4,8H2,(H,15,16). The number of hydrogen-bond donors (Lipinski definition) is 2. The fraction of sp³-hybridized carbons (Fsp3) is 0.500. The molecule has 0 spiro atoms. The van der Waals surface area contributed by atoms with Crippen LogP contribution in [0.1, 0.15) is 31.2 Å². The van der Waals surface area contributed by atoms with E-state index in [1.807, 2.05) is 6.07 Å². The lowest BCUT2D eigenvalue weighted by Gasteiger charge is -2.22. The summed E-state index contributed by atoms with van der Waals surface area (Å²) in [6.07, 6.45) is 3.74. The van der Waals surface area contributed by atoms with Crippen LogP contribution in [-0.2, 0) is 0 Å². The van der Waals surface area contributed by atoms with Gasteiger partial charge in [0.1, 0.15) is 11.0 Å². The lowest BCUT2D eigenvalue weighted by molar-refractivity contribution is 0.0614. The summed E-state index contributed by atoms with van der Waals surface area (Å²) in [5.41, 5.74) is -0.178. The van der Waals surface area contributed by atoms with E-state index in [0.29, 0.717) is 17.9 Å². The van der Waals surface area contributed by atoms with Gasteiger partial charge < -0.3 is 10.4 Å². The van der Waals surface area contributed by atoms with Crippen molar-refractivity contribution in [2.24, 2.45) is 0 Å². The summed E-state index contributed by atoms with van der Waals surface area (Å²) in [5, 5.41) is 22.3. The zero-order chi connectivity index (χ0) is 12.3. The number of nitriles is 1. The van der Waals surface area contributed by atoms with Crippen LogP contribution in [0, 0.1) is 11.3 Å². The van der Waals surface area contributed by atoms with Crippen molar-refractivity contribution in [1.29, 1.82) is 5.26 Å². The van der Waals surface area contributed by atoms with E-state index in [1.54, 1.807) is 6.07 Å². The second-order valence-electron chi connectivity index (χ2n) is 4.46. The van der Waals surface area contributed by atoms with Crippen LogP contribution in [0.15, 0.2) is 12.1 Å². The van der Waals surface area contributed by atoms with E-state index in [2.05, 4.69) is 10.3 Å². The number of pyridine rings is 1. The number of rotatable bonds is 3. The molecule has 1 aromatic rings. The van der Waals surface area contributed by atoms with Gasteiger partial charge in [-0.15, -0.1) is 0 Å². The van der Waals surface area contributed by atoms with E-state index in [4.69, 9.17) is 16.9 Å². The number of hydrogen-bond acceptors (Lipinski definition) is 4. The van der Waals surface area contributed by atoms with Gasteiger partial charge in [-0.2, -0.15) is 5.26 Å². The van der Waals surface area contributed by atoms with Gasteiger partial charge in [0.15, 0.2) is 0 Å². The predicted molar refractivity (Wildman–Crippen MR) is 65.9 cm³/mol. The Morgan fingerprint density at radius 2 is 2.18 bits per heavy atom. The normalized spacial score (nSPS) is 17.7. The van der Waals surface area contributed by atoms with Crippen LogP contribution in [0.3, 0.4) is 0 Å². The van der Waals surface area contributed by atoms with Crippen LogP contribution in [0.2, 0.25) is 5.15 Å². The summed E-state index contributed by atoms with van der Waals surface area (Å²) >= 11 is 5.79. The first-order valence-electron chi connectivity index (χ1n) is 5.65. The number of aromatic nitrogens is 1. The minimum atomic E-state index is -0.642. The quantitative estimate of drug-likeness (QED) is 0.809. The minimum absolute atomic E-state index is 0.282. The molecule has 0 amide bonds. The first-order chi connectivity index (χ1) is 8.11. The first-order valence-corrected chi connectivity index (χ1v) is 6.03. The van der Waals surface area contributed by atoms with Crippen molar-refractivity contribution in [3.05, 3.63) is 22.8 Å². The summed E-state index contributed by atoms with van der Waals surface area (Å²) in [7, 11) is 0. The SMILES string of the molecule is N#Cc1cc(Cl)nc(NCC2(O)CCCC2)c1. The largest absolute Gasteiger partial charge is 0.388 e. The van der Waals surface area contributed by atoms with Crippen molar-refractivity contribution < 1.29 is 5.11 Å². The molecule has 4 nitrogen and oxygen atoms in total. The molecular formula is C12H14ClN3O. The van der Waals surface area contributed by atoms with Crippen LogP contribution < -0.4 is 5.32 Å². The highest BCUT2D eigenvalue weighted by molar-refractivity contribution is 6.29. The molecule has 0 atom stereocenters. The molecule has 1 aromatic heterocycles. The van der Waals surface area contributed by atoms with Crippen LogP contribution >= 0.6 is 11.6 Å². The molecule has 2 N–H and O–H groups in total. The Morgan fingerprint density at radius 3 is 2.82 bits per heavy atom. The lowest BCUT2D eigenvalue weighted by atomic mass is 10.0. The molecule has 1 aliphatic carbocycles. The molecule has 0 aliphatic heterocycles. The van der Waals surface area contributed by atoms with E-state index < -0.39 is 5.60 Å². The molecule has 0 bridgehead atoms. The Hall–Kier alpha value is -1.31. The van der Waals surface area contributed by atoms with E-state index >= 15 is 0 Å². The average Bonchev–Trinajstić information content (AvgIpc) is 2.73. The maximum Gasteiger partial charge on any atom is 0.132 e. The van der Waals surface area contributed by atoms with Gasteiger partial charge in [0, 0.05) is 6.54 Å². The van der Waals surface area contributed by atoms with Crippen molar-refractivity contribution in [3.8, 4) is 6.07 Å². The third-order valence-corrected chi connectivity index (χ3v) is 3.25. The Bertz CT molecular complexity index is 450. The van der Waals surface area contributed by atoms with Gasteiger partial charge in [-0.25, -0.2) is 4.98 Å². The number of nitrogens with zero attached hydrogens (tertiary/aromatic N) is 2. The monoisotopic (exact) mass is 251 g/mol. The van der Waals surface area contributed by atoms with Crippen molar-refractivity contribution in [3.63, 3.8) is 0 Å². The maximum absolute atomic E-state index is 10.2. The summed E-state index contributed by atoms with van der Waals surface area (Å²) in [5.74, 6) is 0.536. The third-order valence-electron chi connectivity index (χ3n) is 3.06. The number of aliphatic hydroxyl groups is 1. The van der Waals surface area contributed by atoms with Crippen molar-refractivity contribution in [2.45, 2.75) is 31.3 Å². The molecule has 0 unspecified atom stereocenters. The molecule has 2 rings (SSSR count). The smallest absolute Gasteiger partial charge is 0.132 e. The highest BCUT2D eigenvalue weighted by atomic mass is 35.5. The van der Waals surface area contributed by atoms with Crippen LogP contribution in [-0.4, -0.2) is 22.2 Å². The van der Waals surface area contributed by atoms with Gasteiger partial charge in [0.2, 0.25) is 0 Å². The molecule has 0 aromatic carbocycles. The van der Waals surface area contributed by atoms with Gasteiger partial charge in [-0.1, -0.05) is 24.4 Å². The Balaban J connectivity index is 2.04. The lowest BCUT2D eigenvalue weighted by Crippen LogP contribution is -2.33. The molecule has 1 saturated carbocycles. The zero-order valence-corrected chi connectivity index (χ0v) is 10.2. The molecule has 17 heavy (non-hydrogen) atoms. The van der Waals surface area contributed by atoms with Gasteiger partial charge in [-0.05, 0) is 25.0 Å². The van der Waals surface area contributed by atoms with Crippen LogP contribution in [0.5, 0.6) is 0 Å². The number of anilines is 1. The second-order valence-corrected chi connectivity index (χ2v) is 4.85. The third kappa shape index (κ3) is 3.09. The highest BCUT2D eigenvalue weighted by Gasteiger charge is 2.30. The van der Waals surface area contributed by atoms with Crippen molar-refractivity contribution in [2.75, 3.05) is 11.9 Å². The van der Waals surface area contributed by atoms with Crippen LogP contribution in [0.4, 0.5) is 5.82 Å². The zero-order valence-electron chi connectivity index (χ0n) is 9.41. The van der Waals surface area contributed by atoms with Gasteiger partial charge in [0.05, 0.1) is 17.2 Å². The summed E-state index contributed by atoms with van der Waals surface area (Å²) in [4.78, 5) is 4.07. The number of halogens is 1. The first kappa shape index (κ1) is 12.2. The molecular weight excluding hydrogens is 238 g/mol. The van der Waals surface area contributed by atoms with E-state index in [-0.39, 0.29) is 5.15 Å². The van der Waals surface area contributed by atoms with E-state index in [9.17, 15) is 5.11 Å². The van der Waals surface area contributed by atoms with Crippen molar-refractivity contribution >= 4 is 17.4 Å². The summed E-state index contributed by atoms with van der Waals surface area (Å²) in [6, 6.07) is 5.16. The summed E-state index contributed by atoms with van der Waals surface area (Å²) < 4.78 is 0. The molecule has 1 heterocycles. The molecule has 1 fully saturated rings. The molecule has 90 valence electrons. The molecule has 0 saturated heterocycles. The second kappa shape index (κ2) is 4.91. The van der Waals surface area contributed by atoms with E-state index in [0.717, 1.165) is 25.7 Å². The highest BCUT2D eigenvalue weighted by Crippen LogP contribution is 2.29. The van der Waals surface area contributed by atoms with Gasteiger partial charge in [-0.3, -0.25) is 0 Å². The minimum Gasteiger partial charge on any atom is -0.388 e. The Morgan fingerprint density at radius 1 is 1.47 bits per heavy atom. The predicted octanol–water partition coefficient (Wildman–Crippen LogP) is 2.32. The Kier molecular flexibility index (Phi) is 3.51. The van der Waals surface area contributed by atoms with Crippen molar-refractivity contribution in [1.82, 2.24) is 4.98 Å². The van der Waals surface area contributed by atoms with Crippen LogP contribution in [0.25, 0.3) is 0 Å². The topological polar surface area (TPSA) is 68.9 Å². The fourth-order valence-corrected chi connectivity index (χ4v) is 2.33.